The molecule has 0 saturated carbocycles. The van der Waals surface area contributed by atoms with E-state index in [9.17, 15) is 4.21 Å². The zero-order valence-corrected chi connectivity index (χ0v) is 8.46. The Morgan fingerprint density at radius 3 is 2.50 bits per heavy atom. The van der Waals surface area contributed by atoms with Gasteiger partial charge in [0.2, 0.25) is 0 Å². The van der Waals surface area contributed by atoms with Gasteiger partial charge in [0.25, 0.3) is 0 Å². The lowest BCUT2D eigenvalue weighted by Gasteiger charge is -1.99. The van der Waals surface area contributed by atoms with E-state index in [1.165, 1.54) is 0 Å². The van der Waals surface area contributed by atoms with E-state index in [1.807, 2.05) is 42.5 Å². The zero-order chi connectivity index (χ0) is 9.80. The van der Waals surface area contributed by atoms with Crippen LogP contribution in [-0.2, 0) is 16.6 Å². The van der Waals surface area contributed by atoms with Crippen molar-refractivity contribution in [2.75, 3.05) is 0 Å². The number of nitrogens with one attached hydrogen (secondary N) is 1. The predicted molar refractivity (Wildman–Crippen MR) is 57.3 cm³/mol. The molecule has 0 aliphatic rings. The normalized spacial score (nSPS) is 12.6. The number of H-pyrrole nitrogens is 1. The van der Waals surface area contributed by atoms with Crippen LogP contribution in [0.3, 0.4) is 0 Å². The molecule has 0 radical (unpaired) electrons. The first-order chi connectivity index (χ1) is 6.86. The summed E-state index contributed by atoms with van der Waals surface area (Å²) in [5.41, 5.74) is 1.10. The number of hydrogen-bond acceptors (Lipinski definition) is 1. The van der Waals surface area contributed by atoms with Gasteiger partial charge in [0.1, 0.15) is 5.03 Å². The minimum Gasteiger partial charge on any atom is -0.354 e. The fourth-order valence-corrected chi connectivity index (χ4v) is 2.34. The first-order valence-corrected chi connectivity index (χ1v) is 5.74. The lowest BCUT2D eigenvalue weighted by Crippen LogP contribution is -1.96. The van der Waals surface area contributed by atoms with Crippen molar-refractivity contribution < 1.29 is 4.21 Å². The van der Waals surface area contributed by atoms with Crippen LogP contribution in [0, 0.1) is 0 Å². The molecule has 1 atom stereocenters. The van der Waals surface area contributed by atoms with Crippen molar-refractivity contribution in [2.24, 2.45) is 0 Å². The summed E-state index contributed by atoms with van der Waals surface area (Å²) < 4.78 is 11.8. The highest BCUT2D eigenvalue weighted by molar-refractivity contribution is 7.84. The highest BCUT2D eigenvalue weighted by atomic mass is 32.2. The van der Waals surface area contributed by atoms with Gasteiger partial charge in [-0.1, -0.05) is 30.3 Å². The second-order valence-corrected chi connectivity index (χ2v) is 4.43. The maximum Gasteiger partial charge on any atom is 0.104 e. The molecule has 14 heavy (non-hydrogen) atoms. The summed E-state index contributed by atoms with van der Waals surface area (Å²) in [7, 11) is -0.959. The van der Waals surface area contributed by atoms with Gasteiger partial charge in [-0.25, -0.2) is 0 Å². The fourth-order valence-electron chi connectivity index (χ4n) is 1.26. The Kier molecular flexibility index (Phi) is 2.79. The van der Waals surface area contributed by atoms with E-state index in [0.29, 0.717) is 5.75 Å². The molecule has 2 aromatic rings. The summed E-state index contributed by atoms with van der Waals surface area (Å²) in [4.78, 5) is 2.96. The zero-order valence-electron chi connectivity index (χ0n) is 7.64. The van der Waals surface area contributed by atoms with Crippen LogP contribution < -0.4 is 0 Å². The highest BCUT2D eigenvalue weighted by Gasteiger charge is 2.04. The van der Waals surface area contributed by atoms with Crippen LogP contribution >= 0.6 is 0 Å². The van der Waals surface area contributed by atoms with Crippen molar-refractivity contribution in [3.63, 3.8) is 0 Å². The molecule has 0 saturated heterocycles. The molecule has 1 unspecified atom stereocenters. The molecule has 0 fully saturated rings. The molecule has 0 aliphatic carbocycles. The Balaban J connectivity index is 2.10. The monoisotopic (exact) mass is 205 g/mol. The first kappa shape index (κ1) is 9.21. The van der Waals surface area contributed by atoms with Crippen molar-refractivity contribution >= 4 is 10.8 Å². The van der Waals surface area contributed by atoms with Crippen LogP contribution in [0.1, 0.15) is 5.56 Å². The number of aromatic nitrogens is 1. The smallest absolute Gasteiger partial charge is 0.104 e. The number of aromatic amines is 1. The van der Waals surface area contributed by atoms with Gasteiger partial charge in [-0.3, -0.25) is 4.21 Å². The van der Waals surface area contributed by atoms with Gasteiger partial charge >= 0.3 is 0 Å². The van der Waals surface area contributed by atoms with Crippen molar-refractivity contribution in [1.82, 2.24) is 4.98 Å². The van der Waals surface area contributed by atoms with Crippen LogP contribution in [0.2, 0.25) is 0 Å². The molecule has 0 spiro atoms. The lowest BCUT2D eigenvalue weighted by molar-refractivity contribution is 0.680. The molecule has 72 valence electrons. The third-order valence-electron chi connectivity index (χ3n) is 1.96. The Hall–Kier alpha value is -1.35. The molecule has 0 amide bonds. The maximum atomic E-state index is 11.8. The third kappa shape index (κ3) is 2.12. The Morgan fingerprint density at radius 1 is 1.07 bits per heavy atom. The Labute approximate surface area is 85.4 Å². The van der Waals surface area contributed by atoms with Crippen molar-refractivity contribution in [3.8, 4) is 0 Å². The number of benzene rings is 1. The summed E-state index contributed by atoms with van der Waals surface area (Å²) in [6.07, 6.45) is 1.79. The largest absolute Gasteiger partial charge is 0.354 e. The molecule has 1 aromatic heterocycles. The van der Waals surface area contributed by atoms with E-state index in [1.54, 1.807) is 6.20 Å². The van der Waals surface area contributed by atoms with E-state index in [2.05, 4.69) is 4.98 Å². The van der Waals surface area contributed by atoms with Crippen LogP contribution in [0.25, 0.3) is 0 Å². The molecule has 1 aromatic carbocycles. The van der Waals surface area contributed by atoms with Gasteiger partial charge in [-0.15, -0.1) is 0 Å². The van der Waals surface area contributed by atoms with Crippen molar-refractivity contribution in [1.29, 1.82) is 0 Å². The summed E-state index contributed by atoms with van der Waals surface area (Å²) in [5, 5.41) is 0.786. The van der Waals surface area contributed by atoms with Gasteiger partial charge in [0, 0.05) is 6.20 Å². The summed E-state index contributed by atoms with van der Waals surface area (Å²) in [5.74, 6) is 0.571. The maximum absolute atomic E-state index is 11.8. The van der Waals surface area contributed by atoms with E-state index >= 15 is 0 Å². The Bertz CT molecular complexity index is 408. The van der Waals surface area contributed by atoms with Gasteiger partial charge in [0.15, 0.2) is 0 Å². The fraction of sp³-hybridized carbons (Fsp3) is 0.0909. The van der Waals surface area contributed by atoms with Crippen LogP contribution in [0.4, 0.5) is 0 Å². The van der Waals surface area contributed by atoms with Crippen molar-refractivity contribution in [3.05, 3.63) is 54.2 Å². The molecule has 1 heterocycles. The van der Waals surface area contributed by atoms with Crippen LogP contribution in [0.15, 0.2) is 53.7 Å². The van der Waals surface area contributed by atoms with Gasteiger partial charge < -0.3 is 4.98 Å². The minimum atomic E-state index is -0.959. The standard InChI is InChI=1S/C11H11NOS/c13-14(11-7-4-8-12-11)9-10-5-2-1-3-6-10/h1-8,12H,9H2. The van der Waals surface area contributed by atoms with Crippen LogP contribution in [0.5, 0.6) is 0 Å². The van der Waals surface area contributed by atoms with Gasteiger partial charge in [-0.2, -0.15) is 0 Å². The third-order valence-corrected chi connectivity index (χ3v) is 3.30. The number of rotatable bonds is 3. The molecule has 1 N–H and O–H groups in total. The summed E-state index contributed by atoms with van der Waals surface area (Å²) >= 11 is 0. The van der Waals surface area contributed by atoms with E-state index < -0.39 is 10.8 Å². The Morgan fingerprint density at radius 2 is 1.86 bits per heavy atom. The predicted octanol–water partition coefficient (Wildman–Crippen LogP) is 2.32. The molecule has 0 aliphatic heterocycles. The molecule has 2 rings (SSSR count). The average Bonchev–Trinajstić information content (AvgIpc) is 2.72. The molecule has 0 bridgehead atoms. The highest BCUT2D eigenvalue weighted by Crippen LogP contribution is 2.09. The average molecular weight is 205 g/mol. The first-order valence-electron chi connectivity index (χ1n) is 4.42. The van der Waals surface area contributed by atoms with Gasteiger partial charge in [-0.05, 0) is 17.7 Å². The molecule has 3 heteroatoms. The molecular formula is C11H11NOS. The molecule has 2 nitrogen and oxygen atoms in total. The van der Waals surface area contributed by atoms with Gasteiger partial charge in [0.05, 0.1) is 16.6 Å². The van der Waals surface area contributed by atoms with E-state index in [-0.39, 0.29) is 0 Å². The second-order valence-electron chi connectivity index (χ2n) is 3.01. The second kappa shape index (κ2) is 4.24. The van der Waals surface area contributed by atoms with E-state index in [0.717, 1.165) is 10.6 Å². The SMILES string of the molecule is O=S(Cc1ccccc1)c1ccc[nH]1. The summed E-state index contributed by atoms with van der Waals surface area (Å²) in [6, 6.07) is 13.6. The topological polar surface area (TPSA) is 32.9 Å². The van der Waals surface area contributed by atoms with E-state index in [4.69, 9.17) is 0 Å². The lowest BCUT2D eigenvalue weighted by atomic mass is 10.2. The van der Waals surface area contributed by atoms with Crippen molar-refractivity contribution in [2.45, 2.75) is 10.8 Å². The number of hydrogen-bond donors (Lipinski definition) is 1. The quantitative estimate of drug-likeness (QED) is 0.819. The molecular weight excluding hydrogens is 194 g/mol. The minimum absolute atomic E-state index is 0.571. The summed E-state index contributed by atoms with van der Waals surface area (Å²) in [6.45, 7) is 0. The van der Waals surface area contributed by atoms with Crippen LogP contribution in [-0.4, -0.2) is 9.19 Å².